The zero-order valence-electron chi connectivity index (χ0n) is 11.9. The molecule has 2 heterocycles. The van der Waals surface area contributed by atoms with Gasteiger partial charge in [-0.3, -0.25) is 0 Å². The van der Waals surface area contributed by atoms with Crippen molar-refractivity contribution in [1.82, 2.24) is 10.0 Å². The Morgan fingerprint density at radius 3 is 2.95 bits per heavy atom. The smallest absolute Gasteiger partial charge is 0.242 e. The van der Waals surface area contributed by atoms with Gasteiger partial charge in [0.05, 0.1) is 11.5 Å². The van der Waals surface area contributed by atoms with Gasteiger partial charge in [-0.1, -0.05) is 6.92 Å². The van der Waals surface area contributed by atoms with Crippen molar-refractivity contribution >= 4 is 21.4 Å². The number of thiophene rings is 1. The molecule has 0 saturated carbocycles. The Labute approximate surface area is 124 Å². The van der Waals surface area contributed by atoms with Gasteiger partial charge in [0.25, 0.3) is 0 Å². The zero-order valence-corrected chi connectivity index (χ0v) is 13.6. The predicted octanol–water partition coefficient (Wildman–Crippen LogP) is 1.62. The molecule has 0 amide bonds. The molecule has 1 unspecified atom stereocenters. The van der Waals surface area contributed by atoms with E-state index < -0.39 is 10.0 Å². The molecule has 0 aliphatic carbocycles. The zero-order chi connectivity index (χ0) is 14.6. The summed E-state index contributed by atoms with van der Waals surface area (Å²) in [5, 5.41) is 3.21. The van der Waals surface area contributed by atoms with Crippen LogP contribution >= 0.6 is 11.3 Å². The van der Waals surface area contributed by atoms with Crippen LogP contribution in [0.5, 0.6) is 0 Å². The second-order valence-electron chi connectivity index (χ2n) is 4.95. The number of hydrogen-bond donors (Lipinski definition) is 2. The summed E-state index contributed by atoms with van der Waals surface area (Å²) in [5.41, 5.74) is 0. The van der Waals surface area contributed by atoms with Crippen LogP contribution in [0.25, 0.3) is 0 Å². The van der Waals surface area contributed by atoms with Crippen LogP contribution in [0.15, 0.2) is 11.0 Å². The fourth-order valence-electron chi connectivity index (χ4n) is 2.24. The van der Waals surface area contributed by atoms with Gasteiger partial charge < -0.3 is 10.1 Å². The molecule has 0 bridgehead atoms. The molecule has 0 radical (unpaired) electrons. The summed E-state index contributed by atoms with van der Waals surface area (Å²) in [6.45, 7) is 6.66. The van der Waals surface area contributed by atoms with Crippen molar-refractivity contribution in [2.75, 3.05) is 19.8 Å². The molecule has 2 N–H and O–H groups in total. The van der Waals surface area contributed by atoms with Crippen molar-refractivity contribution in [3.63, 3.8) is 0 Å². The van der Waals surface area contributed by atoms with Crippen molar-refractivity contribution in [1.29, 1.82) is 0 Å². The van der Waals surface area contributed by atoms with E-state index in [0.717, 1.165) is 35.7 Å². The van der Waals surface area contributed by atoms with Crippen LogP contribution in [0.2, 0.25) is 0 Å². The maximum atomic E-state index is 12.4. The van der Waals surface area contributed by atoms with Crippen LogP contribution in [0.1, 0.15) is 29.5 Å². The van der Waals surface area contributed by atoms with E-state index in [9.17, 15) is 8.42 Å². The third kappa shape index (κ3) is 4.02. The summed E-state index contributed by atoms with van der Waals surface area (Å²) >= 11 is 1.53. The molecule has 1 aromatic rings. The van der Waals surface area contributed by atoms with E-state index in [1.54, 1.807) is 6.07 Å². The quantitative estimate of drug-likeness (QED) is 0.836. The Balaban J connectivity index is 2.09. The van der Waals surface area contributed by atoms with Crippen molar-refractivity contribution < 1.29 is 13.2 Å². The second kappa shape index (κ2) is 7.00. The Morgan fingerprint density at radius 2 is 2.30 bits per heavy atom. The molecule has 7 heteroatoms. The van der Waals surface area contributed by atoms with E-state index in [4.69, 9.17) is 4.74 Å². The summed E-state index contributed by atoms with van der Waals surface area (Å²) < 4.78 is 32.9. The number of hydrogen-bond acceptors (Lipinski definition) is 5. The lowest BCUT2D eigenvalue weighted by Crippen LogP contribution is -2.40. The normalized spacial score (nSPS) is 20.2. The summed E-state index contributed by atoms with van der Waals surface area (Å²) in [7, 11) is -3.44. The van der Waals surface area contributed by atoms with Crippen molar-refractivity contribution in [3.05, 3.63) is 15.8 Å². The molecule has 1 aliphatic rings. The highest BCUT2D eigenvalue weighted by Gasteiger charge is 2.25. The average Bonchev–Trinajstić information content (AvgIpc) is 2.79. The Kier molecular flexibility index (Phi) is 5.57. The number of sulfonamides is 1. The first kappa shape index (κ1) is 15.9. The Hall–Kier alpha value is -0.470. The fraction of sp³-hybridized carbons (Fsp3) is 0.692. The molecule has 5 nitrogen and oxygen atoms in total. The lowest BCUT2D eigenvalue weighted by molar-refractivity contribution is 0.0774. The summed E-state index contributed by atoms with van der Waals surface area (Å²) in [6.07, 6.45) is 1.74. The largest absolute Gasteiger partial charge is 0.380 e. The SMILES string of the molecule is CCNCc1cc(S(=O)(=O)NC2CCCOC2)c(C)s1. The molecule has 2 rings (SSSR count). The van der Waals surface area contributed by atoms with Crippen LogP contribution in [-0.2, 0) is 21.3 Å². The van der Waals surface area contributed by atoms with Crippen LogP contribution in [0, 0.1) is 6.92 Å². The van der Waals surface area contributed by atoms with Gasteiger partial charge in [-0.05, 0) is 32.4 Å². The molecule has 20 heavy (non-hydrogen) atoms. The van der Waals surface area contributed by atoms with E-state index >= 15 is 0 Å². The number of rotatable bonds is 6. The highest BCUT2D eigenvalue weighted by Crippen LogP contribution is 2.26. The minimum absolute atomic E-state index is 0.106. The summed E-state index contributed by atoms with van der Waals surface area (Å²) in [4.78, 5) is 2.28. The van der Waals surface area contributed by atoms with Crippen LogP contribution in [0.4, 0.5) is 0 Å². The van der Waals surface area contributed by atoms with Crippen LogP contribution in [0.3, 0.4) is 0 Å². The topological polar surface area (TPSA) is 67.4 Å². The average molecular weight is 318 g/mol. The molecule has 1 aromatic heterocycles. The van der Waals surface area contributed by atoms with Gasteiger partial charge in [-0.25, -0.2) is 13.1 Å². The van der Waals surface area contributed by atoms with Gasteiger partial charge in [0.2, 0.25) is 10.0 Å². The van der Waals surface area contributed by atoms with Gasteiger partial charge in [0, 0.05) is 28.9 Å². The predicted molar refractivity (Wildman–Crippen MR) is 80.6 cm³/mol. The number of aryl methyl sites for hydroxylation is 1. The van der Waals surface area contributed by atoms with E-state index in [1.165, 1.54) is 11.3 Å². The van der Waals surface area contributed by atoms with E-state index in [1.807, 2.05) is 13.8 Å². The molecular weight excluding hydrogens is 296 g/mol. The van der Waals surface area contributed by atoms with Gasteiger partial charge in [-0.15, -0.1) is 11.3 Å². The standard InChI is InChI=1S/C13H22N2O3S2/c1-3-14-8-12-7-13(10(2)19-12)20(16,17)15-11-5-4-6-18-9-11/h7,11,14-15H,3-6,8-9H2,1-2H3. The molecule has 1 fully saturated rings. The van der Waals surface area contributed by atoms with Gasteiger partial charge in [-0.2, -0.15) is 0 Å². The minimum atomic E-state index is -3.44. The van der Waals surface area contributed by atoms with Crippen molar-refractivity contribution in [2.24, 2.45) is 0 Å². The minimum Gasteiger partial charge on any atom is -0.380 e. The maximum Gasteiger partial charge on any atom is 0.242 e. The molecule has 1 atom stereocenters. The fourth-order valence-corrected chi connectivity index (χ4v) is 5.10. The molecule has 1 saturated heterocycles. The van der Waals surface area contributed by atoms with E-state index in [-0.39, 0.29) is 6.04 Å². The Bertz CT molecular complexity index is 534. The monoisotopic (exact) mass is 318 g/mol. The first-order valence-electron chi connectivity index (χ1n) is 6.93. The number of nitrogens with one attached hydrogen (secondary N) is 2. The van der Waals surface area contributed by atoms with E-state index in [0.29, 0.717) is 18.0 Å². The molecule has 114 valence electrons. The molecule has 1 aliphatic heterocycles. The molecule has 0 spiro atoms. The first-order valence-corrected chi connectivity index (χ1v) is 9.23. The first-order chi connectivity index (χ1) is 9.53. The lowest BCUT2D eigenvalue weighted by atomic mass is 10.1. The third-order valence-corrected chi connectivity index (χ3v) is 6.07. The number of ether oxygens (including phenoxy) is 1. The van der Waals surface area contributed by atoms with E-state index in [2.05, 4.69) is 10.0 Å². The van der Waals surface area contributed by atoms with Gasteiger partial charge in [0.15, 0.2) is 0 Å². The molecule has 0 aromatic carbocycles. The highest BCUT2D eigenvalue weighted by atomic mass is 32.2. The summed E-state index contributed by atoms with van der Waals surface area (Å²) in [5.74, 6) is 0. The van der Waals surface area contributed by atoms with Gasteiger partial charge in [0.1, 0.15) is 0 Å². The molecular formula is C13H22N2O3S2. The van der Waals surface area contributed by atoms with Crippen molar-refractivity contribution in [3.8, 4) is 0 Å². The lowest BCUT2D eigenvalue weighted by Gasteiger charge is -2.22. The second-order valence-corrected chi connectivity index (χ2v) is 7.97. The van der Waals surface area contributed by atoms with Crippen LogP contribution < -0.4 is 10.0 Å². The van der Waals surface area contributed by atoms with Crippen molar-refractivity contribution in [2.45, 2.75) is 44.2 Å². The highest BCUT2D eigenvalue weighted by molar-refractivity contribution is 7.89. The maximum absolute atomic E-state index is 12.4. The van der Waals surface area contributed by atoms with Crippen LogP contribution in [-0.4, -0.2) is 34.2 Å². The van der Waals surface area contributed by atoms with Gasteiger partial charge >= 0.3 is 0 Å². The Morgan fingerprint density at radius 1 is 1.50 bits per heavy atom. The third-order valence-electron chi connectivity index (χ3n) is 3.24. The summed E-state index contributed by atoms with van der Waals surface area (Å²) in [6, 6.07) is 1.67.